The average molecular weight is 339 g/mol. The largest absolute Gasteiger partial charge is 0.467 e. The number of halogens is 3. The Morgan fingerprint density at radius 3 is 2.33 bits per heavy atom. The third kappa shape index (κ3) is 2.98. The molecule has 0 bridgehead atoms. The van der Waals surface area contributed by atoms with E-state index in [-0.39, 0.29) is 6.54 Å². The van der Waals surface area contributed by atoms with E-state index in [2.05, 4.69) is 11.3 Å². The number of nitrogens with zero attached hydrogens (tertiary/aromatic N) is 1. The normalized spacial score (nSPS) is 22.0. The van der Waals surface area contributed by atoms with Crippen molar-refractivity contribution < 1.29 is 22.7 Å². The van der Waals surface area contributed by atoms with Crippen LogP contribution in [0.4, 0.5) is 13.2 Å². The zero-order valence-corrected chi connectivity index (χ0v) is 13.9. The number of carbonyl (C=O) groups excluding carboxylic acids is 1. The predicted octanol–water partition coefficient (Wildman–Crippen LogP) is 3.74. The molecule has 0 spiro atoms. The fourth-order valence-electron chi connectivity index (χ4n) is 2.90. The van der Waals surface area contributed by atoms with Gasteiger partial charge in [-0.05, 0) is 30.7 Å². The Balaban J connectivity index is 2.36. The van der Waals surface area contributed by atoms with Gasteiger partial charge in [0.2, 0.25) is 5.54 Å². The van der Waals surface area contributed by atoms with Gasteiger partial charge in [0.05, 0.1) is 7.11 Å². The SMILES string of the molecule is C=C(C1=CCC(C(=O)OC)(C(F)(F)F)N(C)C1)c1ccc(C)cc1. The van der Waals surface area contributed by atoms with Gasteiger partial charge in [-0.15, -0.1) is 0 Å². The fourth-order valence-corrected chi connectivity index (χ4v) is 2.90. The lowest BCUT2D eigenvalue weighted by Crippen LogP contribution is -2.64. The van der Waals surface area contributed by atoms with E-state index < -0.39 is 24.1 Å². The van der Waals surface area contributed by atoms with E-state index in [4.69, 9.17) is 0 Å². The van der Waals surface area contributed by atoms with Crippen molar-refractivity contribution in [3.8, 4) is 0 Å². The molecule has 1 aliphatic rings. The Hall–Kier alpha value is -2.08. The second kappa shape index (κ2) is 6.43. The van der Waals surface area contributed by atoms with Gasteiger partial charge in [-0.3, -0.25) is 4.90 Å². The highest BCUT2D eigenvalue weighted by Gasteiger charge is 2.64. The summed E-state index contributed by atoms with van der Waals surface area (Å²) in [5.41, 5.74) is 0.604. The first-order valence-corrected chi connectivity index (χ1v) is 7.45. The highest BCUT2D eigenvalue weighted by atomic mass is 19.4. The molecule has 0 aliphatic carbocycles. The van der Waals surface area contributed by atoms with Crippen LogP contribution in [0.25, 0.3) is 5.57 Å². The molecule has 130 valence electrons. The second-order valence-corrected chi connectivity index (χ2v) is 5.98. The summed E-state index contributed by atoms with van der Waals surface area (Å²) in [4.78, 5) is 12.9. The van der Waals surface area contributed by atoms with Crippen molar-refractivity contribution >= 4 is 11.5 Å². The zero-order valence-electron chi connectivity index (χ0n) is 13.9. The van der Waals surface area contributed by atoms with Gasteiger partial charge in [-0.1, -0.05) is 42.5 Å². The summed E-state index contributed by atoms with van der Waals surface area (Å²) in [6.07, 6.45) is -3.80. The van der Waals surface area contributed by atoms with E-state index in [0.717, 1.165) is 23.1 Å². The van der Waals surface area contributed by atoms with Gasteiger partial charge in [-0.25, -0.2) is 4.79 Å². The van der Waals surface area contributed by atoms with Crippen molar-refractivity contribution in [3.05, 3.63) is 53.6 Å². The summed E-state index contributed by atoms with van der Waals surface area (Å²) < 4.78 is 45.2. The first kappa shape index (κ1) is 18.3. The van der Waals surface area contributed by atoms with Gasteiger partial charge < -0.3 is 4.74 Å². The van der Waals surface area contributed by atoms with Crippen molar-refractivity contribution in [1.29, 1.82) is 0 Å². The van der Waals surface area contributed by atoms with Crippen LogP contribution in [0.3, 0.4) is 0 Å². The molecule has 1 aliphatic heterocycles. The number of rotatable bonds is 3. The molecule has 1 heterocycles. The van der Waals surface area contributed by atoms with Gasteiger partial charge in [0.1, 0.15) is 0 Å². The predicted molar refractivity (Wildman–Crippen MR) is 86.3 cm³/mol. The van der Waals surface area contributed by atoms with Crippen molar-refractivity contribution in [2.75, 3.05) is 20.7 Å². The first-order valence-electron chi connectivity index (χ1n) is 7.45. The average Bonchev–Trinajstić information content (AvgIpc) is 2.53. The summed E-state index contributed by atoms with van der Waals surface area (Å²) in [5.74, 6) is -1.30. The third-order valence-corrected chi connectivity index (χ3v) is 4.48. The third-order valence-electron chi connectivity index (χ3n) is 4.48. The highest BCUT2D eigenvalue weighted by molar-refractivity contribution is 5.84. The Labute approximate surface area is 139 Å². The Bertz CT molecular complexity index is 676. The summed E-state index contributed by atoms with van der Waals surface area (Å²) >= 11 is 0. The van der Waals surface area contributed by atoms with Gasteiger partial charge in [0.15, 0.2) is 0 Å². The van der Waals surface area contributed by atoms with Crippen LogP contribution in [0.15, 0.2) is 42.5 Å². The lowest BCUT2D eigenvalue weighted by Gasteiger charge is -2.43. The molecule has 1 aromatic rings. The maximum atomic E-state index is 13.6. The van der Waals surface area contributed by atoms with Crippen LogP contribution in [0.5, 0.6) is 0 Å². The molecule has 0 saturated carbocycles. The number of hydrogen-bond donors (Lipinski definition) is 0. The lowest BCUT2D eigenvalue weighted by molar-refractivity contribution is -0.236. The molecule has 0 amide bonds. The molecule has 0 aromatic heterocycles. The molecule has 6 heteroatoms. The monoisotopic (exact) mass is 339 g/mol. The van der Waals surface area contributed by atoms with E-state index in [1.807, 2.05) is 31.2 Å². The molecule has 0 saturated heterocycles. The minimum absolute atomic E-state index is 0.0404. The number of methoxy groups -OCH3 is 1. The first-order chi connectivity index (χ1) is 11.1. The number of hydrogen-bond acceptors (Lipinski definition) is 3. The molecule has 1 atom stereocenters. The number of carbonyl (C=O) groups is 1. The number of aryl methyl sites for hydroxylation is 1. The highest BCUT2D eigenvalue weighted by Crippen LogP contribution is 2.43. The van der Waals surface area contributed by atoms with Gasteiger partial charge in [0.25, 0.3) is 0 Å². The van der Waals surface area contributed by atoms with Gasteiger partial charge in [0, 0.05) is 13.0 Å². The summed E-state index contributed by atoms with van der Waals surface area (Å²) in [6, 6.07) is 7.60. The van der Waals surface area contributed by atoms with Crippen LogP contribution < -0.4 is 0 Å². The van der Waals surface area contributed by atoms with Crippen LogP contribution in [0.2, 0.25) is 0 Å². The van der Waals surface area contributed by atoms with Crippen LogP contribution in [-0.4, -0.2) is 43.3 Å². The van der Waals surface area contributed by atoms with Crippen LogP contribution in [0.1, 0.15) is 17.5 Å². The maximum Gasteiger partial charge on any atom is 0.417 e. The number of likely N-dealkylation sites (N-methyl/N-ethyl adjacent to an activating group) is 1. The molecular weight excluding hydrogens is 319 g/mol. The van der Waals surface area contributed by atoms with Crippen molar-refractivity contribution in [3.63, 3.8) is 0 Å². The van der Waals surface area contributed by atoms with Crippen LogP contribution in [0, 0.1) is 6.92 Å². The number of ether oxygens (including phenoxy) is 1. The van der Waals surface area contributed by atoms with Crippen LogP contribution in [-0.2, 0) is 9.53 Å². The molecule has 24 heavy (non-hydrogen) atoms. The molecule has 1 aromatic carbocycles. The molecule has 0 radical (unpaired) electrons. The van der Waals surface area contributed by atoms with Crippen LogP contribution >= 0.6 is 0 Å². The Kier molecular flexibility index (Phi) is 4.90. The Morgan fingerprint density at radius 2 is 1.88 bits per heavy atom. The second-order valence-electron chi connectivity index (χ2n) is 5.98. The molecule has 0 fully saturated rings. The van der Waals surface area contributed by atoms with E-state index in [0.29, 0.717) is 11.1 Å². The minimum atomic E-state index is -4.73. The molecule has 3 nitrogen and oxygen atoms in total. The molecule has 1 unspecified atom stereocenters. The quantitative estimate of drug-likeness (QED) is 0.786. The summed E-state index contributed by atoms with van der Waals surface area (Å²) in [6.45, 7) is 5.91. The number of esters is 1. The van der Waals surface area contributed by atoms with E-state index >= 15 is 0 Å². The van der Waals surface area contributed by atoms with Gasteiger partial charge in [-0.2, -0.15) is 13.2 Å². The topological polar surface area (TPSA) is 29.5 Å². The number of benzene rings is 1. The van der Waals surface area contributed by atoms with E-state index in [9.17, 15) is 18.0 Å². The molecular formula is C18H20F3NO2. The fraction of sp³-hybridized carbons (Fsp3) is 0.389. The van der Waals surface area contributed by atoms with E-state index in [1.54, 1.807) is 0 Å². The van der Waals surface area contributed by atoms with Crippen molar-refractivity contribution in [2.45, 2.75) is 25.1 Å². The smallest absolute Gasteiger partial charge is 0.417 e. The Morgan fingerprint density at radius 1 is 1.29 bits per heavy atom. The van der Waals surface area contributed by atoms with E-state index in [1.165, 1.54) is 13.1 Å². The summed E-state index contributed by atoms with van der Waals surface area (Å²) in [7, 11) is 2.24. The lowest BCUT2D eigenvalue weighted by atomic mass is 9.84. The van der Waals surface area contributed by atoms with Crippen molar-refractivity contribution in [2.24, 2.45) is 0 Å². The van der Waals surface area contributed by atoms with Crippen molar-refractivity contribution in [1.82, 2.24) is 4.90 Å². The standard InChI is InChI=1S/C18H20F3NO2/c1-12-5-7-14(8-6-12)13(2)15-9-10-17(16(23)24-4,18(19,20)21)22(3)11-15/h5-9H,2,10-11H2,1,3-4H3. The number of alkyl halides is 3. The zero-order chi connectivity index (χ0) is 18.1. The molecule has 2 rings (SSSR count). The summed E-state index contributed by atoms with van der Waals surface area (Å²) in [5, 5.41) is 0. The molecule has 0 N–H and O–H groups in total. The maximum absolute atomic E-state index is 13.6. The minimum Gasteiger partial charge on any atom is -0.467 e. The van der Waals surface area contributed by atoms with Gasteiger partial charge >= 0.3 is 12.1 Å².